The lowest BCUT2D eigenvalue weighted by molar-refractivity contribution is 0.745. The maximum atomic E-state index is 5.12. The Hall–Kier alpha value is -6.65. The molecule has 0 amide bonds. The van der Waals surface area contributed by atoms with Crippen molar-refractivity contribution in [3.63, 3.8) is 0 Å². The zero-order valence-corrected chi connectivity index (χ0v) is 27.9. The molecule has 2 aromatic heterocycles. The van der Waals surface area contributed by atoms with Crippen LogP contribution in [-0.2, 0) is 0 Å². The van der Waals surface area contributed by atoms with Gasteiger partial charge in [-0.1, -0.05) is 115 Å². The van der Waals surface area contributed by atoms with Crippen LogP contribution in [0.4, 0.5) is 28.4 Å². The Morgan fingerprint density at radius 1 is 0.510 bits per heavy atom. The molecule has 0 fully saturated rings. The fourth-order valence-electron chi connectivity index (χ4n) is 8.06. The summed E-state index contributed by atoms with van der Waals surface area (Å²) >= 11 is 0. The van der Waals surface area contributed by atoms with Crippen molar-refractivity contribution in [1.82, 2.24) is 9.55 Å². The van der Waals surface area contributed by atoms with Crippen molar-refractivity contribution >= 4 is 50.2 Å². The van der Waals surface area contributed by atoms with Gasteiger partial charge in [0.2, 0.25) is 0 Å². The van der Waals surface area contributed by atoms with Crippen molar-refractivity contribution in [3.05, 3.63) is 200 Å². The minimum Gasteiger partial charge on any atom is -0.332 e. The van der Waals surface area contributed by atoms with E-state index in [1.54, 1.807) is 0 Å². The quantitative estimate of drug-likeness (QED) is 0.178. The predicted octanol–water partition coefficient (Wildman–Crippen LogP) is 12.0. The van der Waals surface area contributed by atoms with E-state index in [4.69, 9.17) is 4.98 Å². The van der Waals surface area contributed by atoms with Crippen LogP contribution in [0.1, 0.15) is 11.5 Å². The monoisotopic (exact) mass is 654 g/mol. The standard InChI is InChI=1S/C47H34N4/c1-4-15-34(16-5-1)49(35-17-6-2-7-18-35)37-21-14-22-38(30-37)51-44-25-12-10-23-39(44)41-28-27-33(29-46(41)51)43-31-42-40-24-11-13-26-45(40)50(47(42)32-48-43)36-19-8-3-9-20-36/h1-32,40,45H. The summed E-state index contributed by atoms with van der Waals surface area (Å²) in [6.45, 7) is 0. The number of fused-ring (bicyclic) bond motifs is 6. The second-order valence-electron chi connectivity index (χ2n) is 13.2. The Balaban J connectivity index is 1.12. The van der Waals surface area contributed by atoms with Crippen LogP contribution in [0, 0.1) is 0 Å². The molecule has 2 atom stereocenters. The number of benzene rings is 6. The molecule has 0 saturated carbocycles. The minimum atomic E-state index is 0.230. The molecule has 0 bridgehead atoms. The lowest BCUT2D eigenvalue weighted by Gasteiger charge is -2.28. The van der Waals surface area contributed by atoms with E-state index in [2.05, 4.69) is 209 Å². The number of hydrogen-bond acceptors (Lipinski definition) is 3. The Morgan fingerprint density at radius 2 is 1.16 bits per heavy atom. The third-order valence-electron chi connectivity index (χ3n) is 10.3. The summed E-state index contributed by atoms with van der Waals surface area (Å²) in [6, 6.07) is 58.8. The molecule has 51 heavy (non-hydrogen) atoms. The molecular formula is C47H34N4. The van der Waals surface area contributed by atoms with Gasteiger partial charge in [0, 0.05) is 50.7 Å². The first-order chi connectivity index (χ1) is 25.3. The van der Waals surface area contributed by atoms with Crippen molar-refractivity contribution in [2.45, 2.75) is 12.0 Å². The van der Waals surface area contributed by atoms with E-state index in [0.29, 0.717) is 0 Å². The normalized spacial score (nSPS) is 16.0. The summed E-state index contributed by atoms with van der Waals surface area (Å²) in [6.07, 6.45) is 11.1. The first-order valence-corrected chi connectivity index (χ1v) is 17.6. The number of allylic oxidation sites excluding steroid dienone is 2. The molecule has 6 aromatic carbocycles. The first-order valence-electron chi connectivity index (χ1n) is 17.6. The molecule has 0 N–H and O–H groups in total. The van der Waals surface area contributed by atoms with Gasteiger partial charge in [-0.15, -0.1) is 0 Å². The minimum absolute atomic E-state index is 0.230. The van der Waals surface area contributed by atoms with Gasteiger partial charge < -0.3 is 14.4 Å². The maximum absolute atomic E-state index is 5.12. The number of aromatic nitrogens is 2. The topological polar surface area (TPSA) is 24.3 Å². The molecule has 8 aromatic rings. The average Bonchev–Trinajstić information content (AvgIpc) is 3.71. The number of nitrogens with zero attached hydrogens (tertiary/aromatic N) is 4. The van der Waals surface area contributed by atoms with Crippen LogP contribution < -0.4 is 9.80 Å². The van der Waals surface area contributed by atoms with Gasteiger partial charge in [-0.25, -0.2) is 0 Å². The molecule has 1 aliphatic heterocycles. The number of hydrogen-bond donors (Lipinski definition) is 0. The number of rotatable bonds is 6. The van der Waals surface area contributed by atoms with Gasteiger partial charge in [0.1, 0.15) is 0 Å². The molecule has 4 heteroatoms. The summed E-state index contributed by atoms with van der Waals surface area (Å²) in [4.78, 5) is 9.86. The molecule has 242 valence electrons. The average molecular weight is 655 g/mol. The number of anilines is 5. The van der Waals surface area contributed by atoms with Gasteiger partial charge in [0.25, 0.3) is 0 Å². The Bertz CT molecular complexity index is 2560. The zero-order valence-electron chi connectivity index (χ0n) is 27.9. The largest absolute Gasteiger partial charge is 0.332 e. The van der Waals surface area contributed by atoms with Crippen molar-refractivity contribution < 1.29 is 0 Å². The third-order valence-corrected chi connectivity index (χ3v) is 10.3. The second-order valence-corrected chi connectivity index (χ2v) is 13.2. The van der Waals surface area contributed by atoms with Crippen molar-refractivity contribution in [1.29, 1.82) is 0 Å². The maximum Gasteiger partial charge on any atom is 0.0707 e. The van der Waals surface area contributed by atoms with Crippen LogP contribution in [0.2, 0.25) is 0 Å². The van der Waals surface area contributed by atoms with Crippen LogP contribution >= 0.6 is 0 Å². The van der Waals surface area contributed by atoms with Gasteiger partial charge in [0.15, 0.2) is 0 Å². The number of para-hydroxylation sites is 4. The van der Waals surface area contributed by atoms with Crippen molar-refractivity contribution in [2.24, 2.45) is 0 Å². The van der Waals surface area contributed by atoms with Crippen LogP contribution in [0.3, 0.4) is 0 Å². The third kappa shape index (κ3) is 4.87. The Labute approximate surface area is 297 Å². The van der Waals surface area contributed by atoms with E-state index in [-0.39, 0.29) is 12.0 Å². The summed E-state index contributed by atoms with van der Waals surface area (Å²) < 4.78 is 2.40. The summed E-state index contributed by atoms with van der Waals surface area (Å²) in [7, 11) is 0. The molecular weight excluding hydrogens is 621 g/mol. The van der Waals surface area contributed by atoms with E-state index in [9.17, 15) is 0 Å². The van der Waals surface area contributed by atoms with Crippen LogP contribution in [0.5, 0.6) is 0 Å². The SMILES string of the molecule is C1=CC2c3cc(-c4ccc5c6ccccc6n(-c6cccc(N(c7ccccc7)c7ccccc7)c6)c5c4)ncc3N(c3ccccc3)C2C=C1. The molecule has 2 unspecified atom stereocenters. The summed E-state index contributed by atoms with van der Waals surface area (Å²) in [5.41, 5.74) is 12.5. The van der Waals surface area contributed by atoms with Crippen LogP contribution in [0.25, 0.3) is 38.8 Å². The second kappa shape index (κ2) is 12.0. The van der Waals surface area contributed by atoms with Gasteiger partial charge in [-0.05, 0) is 78.4 Å². The highest BCUT2D eigenvalue weighted by Gasteiger charge is 2.38. The van der Waals surface area contributed by atoms with Gasteiger partial charge in [-0.3, -0.25) is 4.98 Å². The summed E-state index contributed by atoms with van der Waals surface area (Å²) in [5, 5.41) is 2.45. The molecule has 4 nitrogen and oxygen atoms in total. The molecule has 10 rings (SSSR count). The Morgan fingerprint density at radius 3 is 1.94 bits per heavy atom. The highest BCUT2D eigenvalue weighted by molar-refractivity contribution is 6.10. The zero-order chi connectivity index (χ0) is 33.7. The van der Waals surface area contributed by atoms with Crippen molar-refractivity contribution in [3.8, 4) is 16.9 Å². The molecule has 1 aliphatic carbocycles. The van der Waals surface area contributed by atoms with Crippen LogP contribution in [-0.4, -0.2) is 15.6 Å². The van der Waals surface area contributed by atoms with Gasteiger partial charge in [-0.2, -0.15) is 0 Å². The molecule has 0 spiro atoms. The lowest BCUT2D eigenvalue weighted by Crippen LogP contribution is -2.28. The first kappa shape index (κ1) is 29.3. The smallest absolute Gasteiger partial charge is 0.0707 e. The molecule has 0 saturated heterocycles. The van der Waals surface area contributed by atoms with Gasteiger partial charge >= 0.3 is 0 Å². The lowest BCUT2D eigenvalue weighted by atomic mass is 9.91. The molecule has 2 aliphatic rings. The molecule has 0 radical (unpaired) electrons. The van der Waals surface area contributed by atoms with E-state index in [1.807, 2.05) is 0 Å². The fourth-order valence-corrected chi connectivity index (χ4v) is 8.06. The van der Waals surface area contributed by atoms with Crippen LogP contribution in [0.15, 0.2) is 194 Å². The van der Waals surface area contributed by atoms with E-state index < -0.39 is 0 Å². The highest BCUT2D eigenvalue weighted by atomic mass is 15.2. The molecule has 3 heterocycles. The van der Waals surface area contributed by atoms with Crippen molar-refractivity contribution in [2.75, 3.05) is 9.80 Å². The number of pyridine rings is 1. The van der Waals surface area contributed by atoms with E-state index in [0.717, 1.165) is 39.5 Å². The van der Waals surface area contributed by atoms with E-state index >= 15 is 0 Å². The Kier molecular flexibility index (Phi) is 6.91. The fraction of sp³-hybridized carbons (Fsp3) is 0.0426. The highest BCUT2D eigenvalue weighted by Crippen LogP contribution is 2.48. The predicted molar refractivity (Wildman–Crippen MR) is 212 cm³/mol. The van der Waals surface area contributed by atoms with E-state index in [1.165, 1.54) is 33.2 Å². The summed E-state index contributed by atoms with van der Waals surface area (Å²) in [5.74, 6) is 0.266. The van der Waals surface area contributed by atoms with Gasteiger partial charge in [0.05, 0.1) is 34.7 Å².